The van der Waals surface area contributed by atoms with Crippen LogP contribution >= 0.6 is 0 Å². The largest absolute Gasteiger partial charge is 0.353 e. The number of nitrogens with two attached hydrogens (primary N) is 1. The Morgan fingerprint density at radius 3 is 3.00 bits per heavy atom. The highest BCUT2D eigenvalue weighted by Crippen LogP contribution is 2.17. The minimum atomic E-state index is 0.522. The lowest BCUT2D eigenvalue weighted by Gasteiger charge is -2.14. The van der Waals surface area contributed by atoms with Crippen LogP contribution in [0.1, 0.15) is 31.5 Å². The van der Waals surface area contributed by atoms with Crippen LogP contribution in [0, 0.1) is 0 Å². The van der Waals surface area contributed by atoms with Gasteiger partial charge in [0, 0.05) is 31.4 Å². The highest BCUT2D eigenvalue weighted by atomic mass is 15.3. The Morgan fingerprint density at radius 2 is 2.35 bits per heavy atom. The van der Waals surface area contributed by atoms with Gasteiger partial charge >= 0.3 is 0 Å². The van der Waals surface area contributed by atoms with E-state index in [1.54, 1.807) is 6.20 Å². The normalized spacial score (nSPS) is 17.4. The SMILES string of the molecule is NNC(=NCCc1ncc[nH]1)NC1CCCC1. The van der Waals surface area contributed by atoms with Crippen LogP contribution in [0.15, 0.2) is 17.4 Å². The molecule has 1 aliphatic rings. The lowest BCUT2D eigenvalue weighted by Crippen LogP contribution is -2.45. The number of hydrogen-bond donors (Lipinski definition) is 4. The summed E-state index contributed by atoms with van der Waals surface area (Å²) in [5.41, 5.74) is 2.62. The Morgan fingerprint density at radius 1 is 1.53 bits per heavy atom. The predicted octanol–water partition coefficient (Wildman–Crippen LogP) is 0.304. The molecule has 0 aliphatic heterocycles. The van der Waals surface area contributed by atoms with E-state index in [9.17, 15) is 0 Å². The van der Waals surface area contributed by atoms with Crippen molar-refractivity contribution in [3.63, 3.8) is 0 Å². The maximum absolute atomic E-state index is 5.44. The molecule has 6 nitrogen and oxygen atoms in total. The standard InChI is InChI=1S/C11H20N6/c12-17-11(16-9-3-1-2-4-9)15-6-5-10-13-7-8-14-10/h7-9H,1-6,12H2,(H,13,14)(H2,15,16,17). The summed E-state index contributed by atoms with van der Waals surface area (Å²) < 4.78 is 0. The summed E-state index contributed by atoms with van der Waals surface area (Å²) >= 11 is 0. The van der Waals surface area contributed by atoms with Crippen molar-refractivity contribution in [1.82, 2.24) is 20.7 Å². The van der Waals surface area contributed by atoms with Crippen molar-refractivity contribution in [1.29, 1.82) is 0 Å². The van der Waals surface area contributed by atoms with Crippen molar-refractivity contribution in [2.45, 2.75) is 38.1 Å². The van der Waals surface area contributed by atoms with Crippen LogP contribution in [0.25, 0.3) is 0 Å². The van der Waals surface area contributed by atoms with Gasteiger partial charge in [0.05, 0.1) is 0 Å². The number of guanidine groups is 1. The Hall–Kier alpha value is -1.56. The van der Waals surface area contributed by atoms with E-state index in [2.05, 4.69) is 25.7 Å². The molecule has 1 aromatic heterocycles. The maximum atomic E-state index is 5.44. The van der Waals surface area contributed by atoms with E-state index in [1.165, 1.54) is 25.7 Å². The lowest BCUT2D eigenvalue weighted by atomic mass is 10.2. The lowest BCUT2D eigenvalue weighted by molar-refractivity contribution is 0.614. The maximum Gasteiger partial charge on any atom is 0.205 e. The van der Waals surface area contributed by atoms with E-state index in [-0.39, 0.29) is 0 Å². The predicted molar refractivity (Wildman–Crippen MR) is 67.3 cm³/mol. The van der Waals surface area contributed by atoms with Crippen molar-refractivity contribution >= 4 is 5.96 Å². The van der Waals surface area contributed by atoms with Gasteiger partial charge in [-0.25, -0.2) is 10.8 Å². The second-order valence-electron chi connectivity index (χ2n) is 4.29. The molecular weight excluding hydrogens is 216 g/mol. The molecule has 0 aromatic carbocycles. The second kappa shape index (κ2) is 6.24. The average molecular weight is 236 g/mol. The third kappa shape index (κ3) is 3.74. The molecular formula is C11H20N6. The summed E-state index contributed by atoms with van der Waals surface area (Å²) in [6.07, 6.45) is 9.36. The number of rotatable bonds is 4. The smallest absolute Gasteiger partial charge is 0.205 e. The minimum Gasteiger partial charge on any atom is -0.353 e. The molecule has 94 valence electrons. The molecule has 2 rings (SSSR count). The van der Waals surface area contributed by atoms with E-state index in [1.807, 2.05) is 6.20 Å². The summed E-state index contributed by atoms with van der Waals surface area (Å²) in [7, 11) is 0. The number of hydrazine groups is 1. The zero-order chi connectivity index (χ0) is 11.9. The molecule has 17 heavy (non-hydrogen) atoms. The average Bonchev–Trinajstić information content (AvgIpc) is 3.00. The zero-order valence-corrected chi connectivity index (χ0v) is 9.95. The molecule has 0 bridgehead atoms. The summed E-state index contributed by atoms with van der Waals surface area (Å²) in [4.78, 5) is 11.6. The Kier molecular flexibility index (Phi) is 4.37. The molecule has 1 aromatic rings. The molecule has 1 fully saturated rings. The van der Waals surface area contributed by atoms with Gasteiger partial charge in [-0.3, -0.25) is 10.4 Å². The first-order valence-electron chi connectivity index (χ1n) is 6.14. The Labute approximate surface area is 101 Å². The molecule has 1 aliphatic carbocycles. The van der Waals surface area contributed by atoms with E-state index in [0.717, 1.165) is 12.2 Å². The number of H-pyrrole nitrogens is 1. The first-order valence-corrected chi connectivity index (χ1v) is 6.14. The molecule has 6 heteroatoms. The van der Waals surface area contributed by atoms with Gasteiger partial charge in [-0.05, 0) is 12.8 Å². The quantitative estimate of drug-likeness (QED) is 0.262. The zero-order valence-electron chi connectivity index (χ0n) is 9.95. The van der Waals surface area contributed by atoms with E-state index < -0.39 is 0 Å². The summed E-state index contributed by atoms with van der Waals surface area (Å²) in [6, 6.07) is 0.522. The summed E-state index contributed by atoms with van der Waals surface area (Å²) in [6.45, 7) is 0.673. The third-order valence-corrected chi connectivity index (χ3v) is 3.01. The van der Waals surface area contributed by atoms with E-state index >= 15 is 0 Å². The summed E-state index contributed by atoms with van der Waals surface area (Å²) in [5.74, 6) is 7.08. The number of imidazole rings is 1. The molecule has 0 amide bonds. The van der Waals surface area contributed by atoms with Crippen LogP contribution in [-0.4, -0.2) is 28.5 Å². The van der Waals surface area contributed by atoms with Crippen LogP contribution in [0.5, 0.6) is 0 Å². The van der Waals surface area contributed by atoms with Crippen molar-refractivity contribution in [3.8, 4) is 0 Å². The van der Waals surface area contributed by atoms with Crippen molar-refractivity contribution < 1.29 is 0 Å². The van der Waals surface area contributed by atoms with E-state index in [0.29, 0.717) is 18.5 Å². The van der Waals surface area contributed by atoms with Crippen LogP contribution in [-0.2, 0) is 6.42 Å². The van der Waals surface area contributed by atoms with Crippen molar-refractivity contribution in [2.75, 3.05) is 6.54 Å². The number of aliphatic imine (C=N–C) groups is 1. The number of nitrogens with zero attached hydrogens (tertiary/aromatic N) is 2. The molecule has 5 N–H and O–H groups in total. The van der Waals surface area contributed by atoms with Crippen molar-refractivity contribution in [3.05, 3.63) is 18.2 Å². The van der Waals surface area contributed by atoms with Gasteiger partial charge < -0.3 is 10.3 Å². The number of aromatic amines is 1. The topological polar surface area (TPSA) is 91.1 Å². The van der Waals surface area contributed by atoms with Crippen LogP contribution in [0.2, 0.25) is 0 Å². The van der Waals surface area contributed by atoms with Gasteiger partial charge in [-0.15, -0.1) is 0 Å². The molecule has 1 saturated carbocycles. The Balaban J connectivity index is 1.76. The first kappa shape index (κ1) is 11.9. The second-order valence-corrected chi connectivity index (χ2v) is 4.29. The number of nitrogens with one attached hydrogen (secondary N) is 3. The molecule has 0 unspecified atom stereocenters. The van der Waals surface area contributed by atoms with Crippen LogP contribution in [0.3, 0.4) is 0 Å². The fraction of sp³-hybridized carbons (Fsp3) is 0.636. The van der Waals surface area contributed by atoms with Crippen LogP contribution < -0.4 is 16.6 Å². The molecule has 1 heterocycles. The highest BCUT2D eigenvalue weighted by molar-refractivity contribution is 5.79. The van der Waals surface area contributed by atoms with Gasteiger partial charge in [0.15, 0.2) is 0 Å². The first-order chi connectivity index (χ1) is 8.38. The third-order valence-electron chi connectivity index (χ3n) is 3.01. The Bertz CT molecular complexity index is 339. The molecule has 0 radical (unpaired) electrons. The van der Waals surface area contributed by atoms with Crippen molar-refractivity contribution in [2.24, 2.45) is 10.8 Å². The molecule has 0 spiro atoms. The monoisotopic (exact) mass is 236 g/mol. The molecule has 0 saturated heterocycles. The fourth-order valence-corrected chi connectivity index (χ4v) is 2.10. The van der Waals surface area contributed by atoms with Gasteiger partial charge in [0.1, 0.15) is 5.82 Å². The van der Waals surface area contributed by atoms with E-state index in [4.69, 9.17) is 5.84 Å². The fourth-order valence-electron chi connectivity index (χ4n) is 2.10. The van der Waals surface area contributed by atoms with Gasteiger partial charge in [-0.1, -0.05) is 12.8 Å². The van der Waals surface area contributed by atoms with Gasteiger partial charge in [-0.2, -0.15) is 0 Å². The van der Waals surface area contributed by atoms with Crippen LogP contribution in [0.4, 0.5) is 0 Å². The number of aromatic nitrogens is 2. The highest BCUT2D eigenvalue weighted by Gasteiger charge is 2.15. The number of hydrogen-bond acceptors (Lipinski definition) is 3. The van der Waals surface area contributed by atoms with Gasteiger partial charge in [0.25, 0.3) is 0 Å². The molecule has 0 atom stereocenters. The minimum absolute atomic E-state index is 0.522. The summed E-state index contributed by atoms with van der Waals surface area (Å²) in [5, 5.41) is 3.33. The van der Waals surface area contributed by atoms with Gasteiger partial charge in [0.2, 0.25) is 5.96 Å².